The number of nitrogens with one attached hydrogen (secondary N) is 1. The Kier molecular flexibility index (Phi) is 5.55. The zero-order chi connectivity index (χ0) is 15.9. The third-order valence-electron chi connectivity index (χ3n) is 2.93. The number of halogens is 1. The third-order valence-corrected chi connectivity index (χ3v) is 3.18. The quantitative estimate of drug-likeness (QED) is 0.677. The normalized spacial score (nSPS) is 12.1. The second-order valence-electron chi connectivity index (χ2n) is 4.86. The lowest BCUT2D eigenvalue weighted by atomic mass is 10.2. The Hall–Kier alpha value is -2.33. The van der Waals surface area contributed by atoms with Gasteiger partial charge < -0.3 is 4.74 Å². The molecule has 0 spiro atoms. The van der Waals surface area contributed by atoms with Crippen LogP contribution in [0.25, 0.3) is 0 Å². The van der Waals surface area contributed by atoms with Crippen LogP contribution in [0.3, 0.4) is 0 Å². The number of amides is 1. The summed E-state index contributed by atoms with van der Waals surface area (Å²) in [4.78, 5) is 11.9. The van der Waals surface area contributed by atoms with E-state index in [9.17, 15) is 4.79 Å². The van der Waals surface area contributed by atoms with Crippen LogP contribution in [0.4, 0.5) is 0 Å². The first kappa shape index (κ1) is 16.0. The van der Waals surface area contributed by atoms with Gasteiger partial charge in [-0.25, -0.2) is 5.43 Å². The lowest BCUT2D eigenvalue weighted by Crippen LogP contribution is -2.33. The molecule has 0 saturated carbocycles. The fourth-order valence-corrected chi connectivity index (χ4v) is 1.88. The number of carbonyl (C=O) groups excluding carboxylic acids is 1. The predicted octanol–water partition coefficient (Wildman–Crippen LogP) is 3.57. The van der Waals surface area contributed by atoms with E-state index in [4.69, 9.17) is 16.3 Å². The highest BCUT2D eigenvalue weighted by molar-refractivity contribution is 6.30. The molecule has 1 atom stereocenters. The van der Waals surface area contributed by atoms with Crippen molar-refractivity contribution < 1.29 is 9.53 Å². The van der Waals surface area contributed by atoms with Gasteiger partial charge in [-0.05, 0) is 49.2 Å². The van der Waals surface area contributed by atoms with Crippen LogP contribution < -0.4 is 10.2 Å². The van der Waals surface area contributed by atoms with Crippen LogP contribution in [0.2, 0.25) is 5.02 Å². The highest BCUT2D eigenvalue weighted by Gasteiger charge is 2.13. The molecule has 0 radical (unpaired) electrons. The number of nitrogens with zero attached hydrogens (tertiary/aromatic N) is 1. The van der Waals surface area contributed by atoms with Gasteiger partial charge in [0.25, 0.3) is 5.91 Å². The molecule has 0 aromatic heterocycles. The standard InChI is InChI=1S/C17H17ClN2O2/c1-12-4-3-5-16(10-12)22-13(2)17(21)20-19-11-14-6-8-15(18)9-7-14/h3-11,13H,1-2H3,(H,20,21)/t13-/m0/s1. The fraction of sp³-hybridized carbons (Fsp3) is 0.176. The number of ether oxygens (including phenoxy) is 1. The highest BCUT2D eigenvalue weighted by Crippen LogP contribution is 2.14. The Morgan fingerprint density at radius 2 is 2.00 bits per heavy atom. The van der Waals surface area contributed by atoms with E-state index in [1.54, 1.807) is 25.3 Å². The van der Waals surface area contributed by atoms with E-state index in [-0.39, 0.29) is 5.91 Å². The number of aryl methyl sites for hydroxylation is 1. The monoisotopic (exact) mass is 316 g/mol. The van der Waals surface area contributed by atoms with E-state index in [1.807, 2.05) is 43.3 Å². The fourth-order valence-electron chi connectivity index (χ4n) is 1.76. The molecule has 0 unspecified atom stereocenters. The van der Waals surface area contributed by atoms with Gasteiger partial charge in [0.05, 0.1) is 6.21 Å². The van der Waals surface area contributed by atoms with Crippen LogP contribution in [0.15, 0.2) is 53.6 Å². The first-order valence-electron chi connectivity index (χ1n) is 6.86. The van der Waals surface area contributed by atoms with Gasteiger partial charge in [0.15, 0.2) is 6.10 Å². The summed E-state index contributed by atoms with van der Waals surface area (Å²) < 4.78 is 5.57. The second-order valence-corrected chi connectivity index (χ2v) is 5.30. The number of hydrazone groups is 1. The van der Waals surface area contributed by atoms with Crippen molar-refractivity contribution in [2.75, 3.05) is 0 Å². The van der Waals surface area contributed by atoms with Crippen molar-refractivity contribution in [2.45, 2.75) is 20.0 Å². The minimum Gasteiger partial charge on any atom is -0.481 e. The van der Waals surface area contributed by atoms with Crippen molar-refractivity contribution in [3.63, 3.8) is 0 Å². The summed E-state index contributed by atoms with van der Waals surface area (Å²) in [5.41, 5.74) is 4.37. The molecule has 1 amide bonds. The molecule has 0 aliphatic heterocycles. The maximum Gasteiger partial charge on any atom is 0.280 e. The van der Waals surface area contributed by atoms with E-state index in [2.05, 4.69) is 10.5 Å². The smallest absolute Gasteiger partial charge is 0.280 e. The predicted molar refractivity (Wildman–Crippen MR) is 88.5 cm³/mol. The number of rotatable bonds is 5. The second kappa shape index (κ2) is 7.61. The SMILES string of the molecule is Cc1cccc(O[C@@H](C)C(=O)NN=Cc2ccc(Cl)cc2)c1. The number of hydrogen-bond acceptors (Lipinski definition) is 3. The summed E-state index contributed by atoms with van der Waals surface area (Å²) in [5.74, 6) is 0.344. The molecule has 0 bridgehead atoms. The number of hydrogen-bond donors (Lipinski definition) is 1. The first-order chi connectivity index (χ1) is 10.5. The van der Waals surface area contributed by atoms with Crippen LogP contribution >= 0.6 is 11.6 Å². The molecular formula is C17H17ClN2O2. The maximum absolute atomic E-state index is 11.9. The van der Waals surface area contributed by atoms with Crippen LogP contribution in [0, 0.1) is 6.92 Å². The molecular weight excluding hydrogens is 300 g/mol. The summed E-state index contributed by atoms with van der Waals surface area (Å²) in [7, 11) is 0. The number of carbonyl (C=O) groups is 1. The zero-order valence-corrected chi connectivity index (χ0v) is 13.2. The average molecular weight is 317 g/mol. The van der Waals surface area contributed by atoms with Gasteiger partial charge in [0.1, 0.15) is 5.75 Å². The molecule has 2 rings (SSSR count). The Balaban J connectivity index is 1.87. The van der Waals surface area contributed by atoms with E-state index < -0.39 is 6.10 Å². The highest BCUT2D eigenvalue weighted by atomic mass is 35.5. The lowest BCUT2D eigenvalue weighted by molar-refractivity contribution is -0.127. The molecule has 2 aromatic rings. The van der Waals surface area contributed by atoms with E-state index in [0.717, 1.165) is 11.1 Å². The van der Waals surface area contributed by atoms with Crippen molar-refractivity contribution >= 4 is 23.7 Å². The molecule has 22 heavy (non-hydrogen) atoms. The Bertz CT molecular complexity index is 669. The molecule has 0 fully saturated rings. The summed E-state index contributed by atoms with van der Waals surface area (Å²) >= 11 is 5.80. The molecule has 5 heteroatoms. The van der Waals surface area contributed by atoms with Gasteiger partial charge in [-0.1, -0.05) is 35.9 Å². The van der Waals surface area contributed by atoms with Gasteiger partial charge in [-0.2, -0.15) is 5.10 Å². The summed E-state index contributed by atoms with van der Waals surface area (Å²) in [6, 6.07) is 14.7. The minimum atomic E-state index is -0.635. The average Bonchev–Trinajstić information content (AvgIpc) is 2.49. The van der Waals surface area contributed by atoms with Crippen molar-refractivity contribution in [3.05, 3.63) is 64.7 Å². The maximum atomic E-state index is 11.9. The Morgan fingerprint density at radius 1 is 1.27 bits per heavy atom. The van der Waals surface area contributed by atoms with Crippen LogP contribution in [-0.4, -0.2) is 18.2 Å². The third kappa shape index (κ3) is 4.90. The molecule has 0 heterocycles. The van der Waals surface area contributed by atoms with Crippen LogP contribution in [0.1, 0.15) is 18.1 Å². The first-order valence-corrected chi connectivity index (χ1v) is 7.24. The van der Waals surface area contributed by atoms with Crippen LogP contribution in [-0.2, 0) is 4.79 Å². The Labute approximate surface area is 134 Å². The molecule has 1 N–H and O–H groups in total. The minimum absolute atomic E-state index is 0.313. The van der Waals surface area contributed by atoms with Gasteiger partial charge in [-0.3, -0.25) is 4.79 Å². The van der Waals surface area contributed by atoms with E-state index >= 15 is 0 Å². The summed E-state index contributed by atoms with van der Waals surface area (Å²) in [6.45, 7) is 3.64. The molecule has 4 nitrogen and oxygen atoms in total. The van der Waals surface area contributed by atoms with Crippen LogP contribution in [0.5, 0.6) is 5.75 Å². The summed E-state index contributed by atoms with van der Waals surface area (Å²) in [5, 5.41) is 4.56. The molecule has 2 aromatic carbocycles. The molecule has 0 saturated heterocycles. The Morgan fingerprint density at radius 3 is 2.68 bits per heavy atom. The molecule has 0 aliphatic rings. The van der Waals surface area contributed by atoms with Crippen molar-refractivity contribution in [1.29, 1.82) is 0 Å². The lowest BCUT2D eigenvalue weighted by Gasteiger charge is -2.13. The van der Waals surface area contributed by atoms with Crippen molar-refractivity contribution in [2.24, 2.45) is 5.10 Å². The van der Waals surface area contributed by atoms with E-state index in [0.29, 0.717) is 10.8 Å². The van der Waals surface area contributed by atoms with Crippen molar-refractivity contribution in [3.8, 4) is 5.75 Å². The molecule has 0 aliphatic carbocycles. The topological polar surface area (TPSA) is 50.7 Å². The molecule has 114 valence electrons. The number of benzene rings is 2. The largest absolute Gasteiger partial charge is 0.481 e. The van der Waals surface area contributed by atoms with Gasteiger partial charge in [0.2, 0.25) is 0 Å². The van der Waals surface area contributed by atoms with Gasteiger partial charge in [-0.15, -0.1) is 0 Å². The summed E-state index contributed by atoms with van der Waals surface area (Å²) in [6.07, 6.45) is 0.914. The van der Waals surface area contributed by atoms with Gasteiger partial charge in [0, 0.05) is 5.02 Å². The zero-order valence-electron chi connectivity index (χ0n) is 12.4. The van der Waals surface area contributed by atoms with E-state index in [1.165, 1.54) is 0 Å². The van der Waals surface area contributed by atoms with Crippen molar-refractivity contribution in [1.82, 2.24) is 5.43 Å². The van der Waals surface area contributed by atoms with Gasteiger partial charge >= 0.3 is 0 Å².